The number of hydrogen-bond acceptors (Lipinski definition) is 2. The number of ether oxygens (including phenoxy) is 1. The van der Waals surface area contributed by atoms with Gasteiger partial charge in [0.25, 0.3) is 0 Å². The van der Waals surface area contributed by atoms with Crippen LogP contribution in [0.3, 0.4) is 0 Å². The summed E-state index contributed by atoms with van der Waals surface area (Å²) in [4.78, 5) is 15.5. The number of fused-ring (bicyclic) bond motifs is 3. The van der Waals surface area contributed by atoms with Gasteiger partial charge in [0, 0.05) is 24.3 Å². The SMILES string of the molecule is COCc1cc(=O)c2ccc3c(c2[nH]1)CCCC3. The molecule has 0 aliphatic heterocycles. The molecule has 1 aliphatic carbocycles. The molecule has 3 heteroatoms. The van der Waals surface area contributed by atoms with Crippen molar-refractivity contribution in [1.82, 2.24) is 4.98 Å². The highest BCUT2D eigenvalue weighted by atomic mass is 16.5. The fourth-order valence-corrected chi connectivity index (χ4v) is 2.84. The molecule has 2 aromatic rings. The Morgan fingerprint density at radius 2 is 2.11 bits per heavy atom. The van der Waals surface area contributed by atoms with Crippen LogP contribution in [0.15, 0.2) is 23.0 Å². The van der Waals surface area contributed by atoms with Gasteiger partial charge in [-0.05, 0) is 42.9 Å². The molecule has 3 rings (SSSR count). The molecule has 0 saturated heterocycles. The number of aryl methyl sites for hydroxylation is 2. The quantitative estimate of drug-likeness (QED) is 0.880. The van der Waals surface area contributed by atoms with E-state index in [1.54, 1.807) is 13.2 Å². The molecular weight excluding hydrogens is 226 g/mol. The Morgan fingerprint density at radius 3 is 2.94 bits per heavy atom. The standard InChI is InChI=1S/C15H17NO2/c1-18-9-11-8-14(17)13-7-6-10-4-2-3-5-12(10)15(13)16-11/h6-8H,2-5,9H2,1H3,(H,16,17). The van der Waals surface area contributed by atoms with Gasteiger partial charge in [0.15, 0.2) is 5.43 Å². The maximum Gasteiger partial charge on any atom is 0.189 e. The highest BCUT2D eigenvalue weighted by molar-refractivity contribution is 5.83. The van der Waals surface area contributed by atoms with Crippen LogP contribution in [0.5, 0.6) is 0 Å². The van der Waals surface area contributed by atoms with Crippen LogP contribution < -0.4 is 5.43 Å². The molecule has 0 unspecified atom stereocenters. The monoisotopic (exact) mass is 243 g/mol. The summed E-state index contributed by atoms with van der Waals surface area (Å²) in [5.74, 6) is 0. The van der Waals surface area contributed by atoms with Crippen LogP contribution in [0.4, 0.5) is 0 Å². The second kappa shape index (κ2) is 4.58. The molecule has 0 atom stereocenters. The van der Waals surface area contributed by atoms with E-state index in [1.807, 2.05) is 6.07 Å². The molecule has 94 valence electrons. The highest BCUT2D eigenvalue weighted by Crippen LogP contribution is 2.26. The van der Waals surface area contributed by atoms with Crippen molar-refractivity contribution in [1.29, 1.82) is 0 Å². The van der Waals surface area contributed by atoms with Gasteiger partial charge >= 0.3 is 0 Å². The summed E-state index contributed by atoms with van der Waals surface area (Å²) >= 11 is 0. The number of benzene rings is 1. The Kier molecular flexibility index (Phi) is 2.92. The summed E-state index contributed by atoms with van der Waals surface area (Å²) in [5.41, 5.74) is 4.68. The van der Waals surface area contributed by atoms with Crippen molar-refractivity contribution in [3.8, 4) is 0 Å². The highest BCUT2D eigenvalue weighted by Gasteiger charge is 2.14. The van der Waals surface area contributed by atoms with E-state index >= 15 is 0 Å². The number of aromatic nitrogens is 1. The van der Waals surface area contributed by atoms with Crippen LogP contribution >= 0.6 is 0 Å². The Labute approximate surface area is 106 Å². The number of aromatic amines is 1. The topological polar surface area (TPSA) is 42.1 Å². The molecule has 0 spiro atoms. The second-order valence-corrected chi connectivity index (χ2v) is 4.92. The number of H-pyrrole nitrogens is 1. The van der Waals surface area contributed by atoms with Crippen molar-refractivity contribution in [3.63, 3.8) is 0 Å². The van der Waals surface area contributed by atoms with E-state index in [1.165, 1.54) is 24.0 Å². The van der Waals surface area contributed by atoms with Crippen molar-refractivity contribution in [2.75, 3.05) is 7.11 Å². The van der Waals surface area contributed by atoms with Gasteiger partial charge in [0.2, 0.25) is 0 Å². The van der Waals surface area contributed by atoms with Gasteiger partial charge in [-0.25, -0.2) is 0 Å². The molecule has 0 amide bonds. The lowest BCUT2D eigenvalue weighted by atomic mass is 9.89. The van der Waals surface area contributed by atoms with Crippen molar-refractivity contribution in [3.05, 3.63) is 45.2 Å². The van der Waals surface area contributed by atoms with Crippen LogP contribution in [0.25, 0.3) is 10.9 Å². The number of pyridine rings is 1. The summed E-state index contributed by atoms with van der Waals surface area (Å²) in [6, 6.07) is 5.71. The fourth-order valence-electron chi connectivity index (χ4n) is 2.84. The molecule has 1 aromatic heterocycles. The summed E-state index contributed by atoms with van der Waals surface area (Å²) < 4.78 is 5.11. The minimum atomic E-state index is 0.0872. The smallest absolute Gasteiger partial charge is 0.189 e. The van der Waals surface area contributed by atoms with E-state index < -0.39 is 0 Å². The minimum Gasteiger partial charge on any atom is -0.378 e. The van der Waals surface area contributed by atoms with Crippen LogP contribution in [-0.4, -0.2) is 12.1 Å². The maximum absolute atomic E-state index is 12.1. The first-order valence-corrected chi connectivity index (χ1v) is 6.45. The van der Waals surface area contributed by atoms with E-state index in [9.17, 15) is 4.79 Å². The first-order chi connectivity index (χ1) is 8.79. The zero-order chi connectivity index (χ0) is 12.5. The largest absolute Gasteiger partial charge is 0.378 e. The molecular formula is C15H17NO2. The molecule has 0 radical (unpaired) electrons. The number of hydrogen-bond donors (Lipinski definition) is 1. The molecule has 1 N–H and O–H groups in total. The molecule has 0 fully saturated rings. The van der Waals surface area contributed by atoms with E-state index in [-0.39, 0.29) is 5.43 Å². The van der Waals surface area contributed by atoms with Crippen molar-refractivity contribution < 1.29 is 4.74 Å². The molecule has 1 aromatic carbocycles. The van der Waals surface area contributed by atoms with E-state index in [2.05, 4.69) is 11.1 Å². The van der Waals surface area contributed by atoms with Crippen LogP contribution in [0.2, 0.25) is 0 Å². The third-order valence-corrected chi connectivity index (χ3v) is 3.69. The fraction of sp³-hybridized carbons (Fsp3) is 0.400. The summed E-state index contributed by atoms with van der Waals surface area (Å²) in [7, 11) is 1.64. The molecule has 0 saturated carbocycles. The summed E-state index contributed by atoms with van der Waals surface area (Å²) in [6.45, 7) is 0.453. The third kappa shape index (κ3) is 1.85. The van der Waals surface area contributed by atoms with Crippen molar-refractivity contribution >= 4 is 10.9 Å². The van der Waals surface area contributed by atoms with Crippen molar-refractivity contribution in [2.24, 2.45) is 0 Å². The van der Waals surface area contributed by atoms with Crippen LogP contribution in [0, 0.1) is 0 Å². The van der Waals surface area contributed by atoms with E-state index in [4.69, 9.17) is 4.74 Å². The van der Waals surface area contributed by atoms with Crippen LogP contribution in [0.1, 0.15) is 29.7 Å². The van der Waals surface area contributed by atoms with E-state index in [0.717, 1.165) is 29.4 Å². The van der Waals surface area contributed by atoms with Crippen molar-refractivity contribution in [2.45, 2.75) is 32.3 Å². The molecule has 1 heterocycles. The lowest BCUT2D eigenvalue weighted by Crippen LogP contribution is -2.11. The Hall–Kier alpha value is -1.61. The molecule has 0 bridgehead atoms. The van der Waals surface area contributed by atoms with Gasteiger partial charge in [-0.3, -0.25) is 4.79 Å². The first-order valence-electron chi connectivity index (χ1n) is 6.45. The summed E-state index contributed by atoms with van der Waals surface area (Å²) in [6.07, 6.45) is 4.66. The molecule has 18 heavy (non-hydrogen) atoms. The molecule has 1 aliphatic rings. The first kappa shape index (κ1) is 11.5. The predicted molar refractivity (Wildman–Crippen MR) is 71.9 cm³/mol. The Morgan fingerprint density at radius 1 is 1.28 bits per heavy atom. The maximum atomic E-state index is 12.1. The van der Waals surface area contributed by atoms with Gasteiger partial charge in [0.1, 0.15) is 0 Å². The van der Waals surface area contributed by atoms with E-state index in [0.29, 0.717) is 6.61 Å². The summed E-state index contributed by atoms with van der Waals surface area (Å²) in [5, 5.41) is 0.801. The lowest BCUT2D eigenvalue weighted by Gasteiger charge is -2.18. The zero-order valence-electron chi connectivity index (χ0n) is 10.6. The normalized spacial score (nSPS) is 14.7. The zero-order valence-corrected chi connectivity index (χ0v) is 10.6. The molecule has 3 nitrogen and oxygen atoms in total. The number of nitrogens with one attached hydrogen (secondary N) is 1. The van der Waals surface area contributed by atoms with Gasteiger partial charge in [-0.15, -0.1) is 0 Å². The van der Waals surface area contributed by atoms with Gasteiger partial charge in [0.05, 0.1) is 12.1 Å². The second-order valence-electron chi connectivity index (χ2n) is 4.92. The van der Waals surface area contributed by atoms with Gasteiger partial charge in [-0.2, -0.15) is 0 Å². The lowest BCUT2D eigenvalue weighted by molar-refractivity contribution is 0.181. The Bertz CT molecular complexity index is 643. The van der Waals surface area contributed by atoms with Crippen LogP contribution in [-0.2, 0) is 24.2 Å². The Balaban J connectivity index is 2.28. The third-order valence-electron chi connectivity index (χ3n) is 3.69. The average molecular weight is 243 g/mol. The van der Waals surface area contributed by atoms with Gasteiger partial charge < -0.3 is 9.72 Å². The number of rotatable bonds is 2. The predicted octanol–water partition coefficient (Wildman–Crippen LogP) is 2.55. The number of methoxy groups -OCH3 is 1. The minimum absolute atomic E-state index is 0.0872. The average Bonchev–Trinajstić information content (AvgIpc) is 2.39. The van der Waals surface area contributed by atoms with Gasteiger partial charge in [-0.1, -0.05) is 6.07 Å².